The van der Waals surface area contributed by atoms with Crippen LogP contribution in [0.1, 0.15) is 41.5 Å². The Hall–Kier alpha value is -0.870. The van der Waals surface area contributed by atoms with Gasteiger partial charge in [-0.05, 0) is 37.3 Å². The number of nitrogens with one attached hydrogen (secondary N) is 1. The average molecular weight is 267 g/mol. The van der Waals surface area contributed by atoms with Crippen LogP contribution in [0.4, 0.5) is 0 Å². The van der Waals surface area contributed by atoms with Crippen LogP contribution in [0.3, 0.4) is 0 Å². The lowest BCUT2D eigenvalue weighted by molar-refractivity contribution is -0.142. The lowest BCUT2D eigenvalue weighted by Gasteiger charge is -2.04. The molecule has 1 aromatic heterocycles. The predicted octanol–water partition coefficient (Wildman–Crippen LogP) is 2.67. The summed E-state index contributed by atoms with van der Waals surface area (Å²) in [6, 6.07) is 2.28. The highest BCUT2D eigenvalue weighted by molar-refractivity contribution is 7.12. The van der Waals surface area contributed by atoms with E-state index < -0.39 is 0 Å². The summed E-state index contributed by atoms with van der Waals surface area (Å²) >= 11 is 1.88. The first-order chi connectivity index (χ1) is 8.79. The summed E-state index contributed by atoms with van der Waals surface area (Å²) in [4.78, 5) is 14.2. The second kappa shape index (κ2) is 6.90. The molecule has 4 heteroatoms. The zero-order valence-electron chi connectivity index (χ0n) is 11.0. The molecule has 0 radical (unpaired) electrons. The highest BCUT2D eigenvalue weighted by Gasteiger charge is 2.14. The molecular weight excluding hydrogens is 246 g/mol. The van der Waals surface area contributed by atoms with Crippen molar-refractivity contribution < 1.29 is 9.53 Å². The van der Waals surface area contributed by atoms with Crippen LogP contribution < -0.4 is 5.32 Å². The minimum Gasteiger partial charge on any atom is -0.465 e. The van der Waals surface area contributed by atoms with Crippen LogP contribution in [0.2, 0.25) is 0 Å². The summed E-state index contributed by atoms with van der Waals surface area (Å²) in [5.41, 5.74) is 1.52. The van der Waals surface area contributed by atoms with Crippen LogP contribution in [0.5, 0.6) is 0 Å². The zero-order chi connectivity index (χ0) is 12.8. The molecule has 1 aliphatic rings. The number of hydrogen-bond donors (Lipinski definition) is 1. The first kappa shape index (κ1) is 13.6. The van der Waals surface area contributed by atoms with Crippen LogP contribution >= 0.6 is 11.3 Å². The Bertz CT molecular complexity index is 379. The summed E-state index contributed by atoms with van der Waals surface area (Å²) in [6.45, 7) is 3.72. The largest absolute Gasteiger partial charge is 0.465 e. The van der Waals surface area contributed by atoms with E-state index in [4.69, 9.17) is 4.74 Å². The number of rotatable bonds is 7. The van der Waals surface area contributed by atoms with Gasteiger partial charge in [-0.25, -0.2) is 0 Å². The van der Waals surface area contributed by atoms with Gasteiger partial charge < -0.3 is 10.1 Å². The van der Waals surface area contributed by atoms with Gasteiger partial charge in [-0.1, -0.05) is 13.3 Å². The van der Waals surface area contributed by atoms with Gasteiger partial charge in [0.1, 0.15) is 0 Å². The third kappa shape index (κ3) is 3.82. The van der Waals surface area contributed by atoms with Crippen LogP contribution in [0, 0.1) is 0 Å². The third-order valence-electron chi connectivity index (χ3n) is 3.13. The van der Waals surface area contributed by atoms with E-state index in [1.165, 1.54) is 34.6 Å². The summed E-state index contributed by atoms with van der Waals surface area (Å²) in [5, 5.41) is 3.15. The molecular formula is C14H21NO2S. The number of thiophene rings is 1. The number of esters is 1. The van der Waals surface area contributed by atoms with Crippen LogP contribution in [0.15, 0.2) is 6.07 Å². The predicted molar refractivity (Wildman–Crippen MR) is 73.9 cm³/mol. The second-order valence-electron chi connectivity index (χ2n) is 4.69. The number of fused-ring (bicyclic) bond motifs is 1. The summed E-state index contributed by atoms with van der Waals surface area (Å²) < 4.78 is 5.08. The summed E-state index contributed by atoms with van der Waals surface area (Å²) in [6.07, 6.45) is 5.77. The monoisotopic (exact) mass is 267 g/mol. The van der Waals surface area contributed by atoms with Crippen LogP contribution in [-0.4, -0.2) is 19.1 Å². The third-order valence-corrected chi connectivity index (χ3v) is 4.36. The SMILES string of the molecule is CCCCOC(=O)CNCc1cc2c(s1)CCC2. The molecule has 0 saturated carbocycles. The molecule has 100 valence electrons. The van der Waals surface area contributed by atoms with E-state index in [1.54, 1.807) is 0 Å². The molecule has 0 bridgehead atoms. The standard InChI is InChI=1S/C14H21NO2S/c1-2-3-7-17-14(16)10-15-9-12-8-11-5-4-6-13(11)18-12/h8,15H,2-7,9-10H2,1H3. The molecule has 1 heterocycles. The number of carbonyl (C=O) groups excluding carboxylic acids is 1. The second-order valence-corrected chi connectivity index (χ2v) is 5.91. The maximum atomic E-state index is 11.4. The van der Waals surface area contributed by atoms with E-state index in [2.05, 4.69) is 18.3 Å². The van der Waals surface area contributed by atoms with E-state index in [0.29, 0.717) is 13.2 Å². The Labute approximate surface area is 113 Å². The molecule has 0 saturated heterocycles. The van der Waals surface area contributed by atoms with Crippen molar-refractivity contribution >= 4 is 17.3 Å². The Morgan fingerprint density at radius 2 is 2.39 bits per heavy atom. The highest BCUT2D eigenvalue weighted by atomic mass is 32.1. The van der Waals surface area contributed by atoms with E-state index in [0.717, 1.165) is 19.4 Å². The van der Waals surface area contributed by atoms with Gasteiger partial charge in [0.15, 0.2) is 0 Å². The Morgan fingerprint density at radius 1 is 1.50 bits per heavy atom. The molecule has 0 amide bonds. The Balaban J connectivity index is 1.64. The van der Waals surface area contributed by atoms with Crippen molar-refractivity contribution in [1.82, 2.24) is 5.32 Å². The molecule has 0 atom stereocenters. The number of carbonyl (C=O) groups is 1. The molecule has 3 nitrogen and oxygen atoms in total. The van der Waals surface area contributed by atoms with Crippen LogP contribution in [0.25, 0.3) is 0 Å². The van der Waals surface area contributed by atoms with Gasteiger partial charge >= 0.3 is 5.97 Å². The van der Waals surface area contributed by atoms with Gasteiger partial charge in [0.05, 0.1) is 13.2 Å². The fourth-order valence-corrected chi connectivity index (χ4v) is 3.38. The molecule has 18 heavy (non-hydrogen) atoms. The van der Waals surface area contributed by atoms with E-state index in [9.17, 15) is 4.79 Å². The smallest absolute Gasteiger partial charge is 0.319 e. The van der Waals surface area contributed by atoms with Crippen molar-refractivity contribution in [1.29, 1.82) is 0 Å². The van der Waals surface area contributed by atoms with Crippen molar-refractivity contribution in [3.63, 3.8) is 0 Å². The maximum absolute atomic E-state index is 11.4. The van der Waals surface area contributed by atoms with Gasteiger partial charge in [-0.2, -0.15) is 0 Å². The number of ether oxygens (including phenoxy) is 1. The van der Waals surface area contributed by atoms with Crippen molar-refractivity contribution in [3.8, 4) is 0 Å². The van der Waals surface area contributed by atoms with Gasteiger partial charge in [0.2, 0.25) is 0 Å². The van der Waals surface area contributed by atoms with E-state index >= 15 is 0 Å². The molecule has 0 aliphatic heterocycles. The van der Waals surface area contributed by atoms with Crippen molar-refractivity contribution in [3.05, 3.63) is 21.4 Å². The minimum absolute atomic E-state index is 0.146. The molecule has 0 spiro atoms. The van der Waals surface area contributed by atoms with Gasteiger partial charge in [-0.3, -0.25) is 4.79 Å². The fraction of sp³-hybridized carbons (Fsp3) is 0.643. The van der Waals surface area contributed by atoms with Crippen LogP contribution in [-0.2, 0) is 28.9 Å². The normalized spacial score (nSPS) is 13.6. The molecule has 1 aliphatic carbocycles. The van der Waals surface area contributed by atoms with Crippen molar-refractivity contribution in [2.75, 3.05) is 13.2 Å². The summed E-state index contributed by atoms with van der Waals surface area (Å²) in [5.74, 6) is -0.146. The highest BCUT2D eigenvalue weighted by Crippen LogP contribution is 2.30. The van der Waals surface area contributed by atoms with Gasteiger partial charge in [0.25, 0.3) is 0 Å². The average Bonchev–Trinajstić information content (AvgIpc) is 2.90. The molecule has 1 aromatic rings. The first-order valence-corrected chi connectivity index (χ1v) is 7.58. The van der Waals surface area contributed by atoms with Gasteiger partial charge in [0, 0.05) is 16.3 Å². The number of aryl methyl sites for hydroxylation is 2. The Kier molecular flexibility index (Phi) is 5.20. The minimum atomic E-state index is -0.146. The molecule has 0 aromatic carbocycles. The summed E-state index contributed by atoms with van der Waals surface area (Å²) in [7, 11) is 0. The van der Waals surface area contributed by atoms with E-state index in [1.807, 2.05) is 11.3 Å². The zero-order valence-corrected chi connectivity index (χ0v) is 11.8. The quantitative estimate of drug-likeness (QED) is 0.610. The van der Waals surface area contributed by atoms with Crippen molar-refractivity contribution in [2.24, 2.45) is 0 Å². The molecule has 2 rings (SSSR count). The first-order valence-electron chi connectivity index (χ1n) is 6.76. The maximum Gasteiger partial charge on any atom is 0.319 e. The van der Waals surface area contributed by atoms with E-state index in [-0.39, 0.29) is 5.97 Å². The lowest BCUT2D eigenvalue weighted by Crippen LogP contribution is -2.24. The lowest BCUT2D eigenvalue weighted by atomic mass is 10.2. The number of hydrogen-bond acceptors (Lipinski definition) is 4. The number of unbranched alkanes of at least 4 members (excludes halogenated alkanes) is 1. The molecule has 0 fully saturated rings. The van der Waals surface area contributed by atoms with Crippen molar-refractivity contribution in [2.45, 2.75) is 45.6 Å². The molecule has 1 N–H and O–H groups in total. The Morgan fingerprint density at radius 3 is 3.17 bits per heavy atom. The molecule has 0 unspecified atom stereocenters. The fourth-order valence-electron chi connectivity index (χ4n) is 2.15. The van der Waals surface area contributed by atoms with Gasteiger partial charge in [-0.15, -0.1) is 11.3 Å². The topological polar surface area (TPSA) is 38.3 Å².